The van der Waals surface area contributed by atoms with Crippen LogP contribution in [0.2, 0.25) is 0 Å². The van der Waals surface area contributed by atoms with Crippen molar-refractivity contribution in [3.63, 3.8) is 0 Å². The summed E-state index contributed by atoms with van der Waals surface area (Å²) in [6, 6.07) is 18.5. The van der Waals surface area contributed by atoms with Crippen LogP contribution in [0.3, 0.4) is 0 Å². The number of amides is 2. The number of likely N-dealkylation sites (tertiary alicyclic amines) is 1. The van der Waals surface area contributed by atoms with E-state index in [-0.39, 0.29) is 6.03 Å². The fourth-order valence-electron chi connectivity index (χ4n) is 3.95. The quantitative estimate of drug-likeness (QED) is 0.652. The molecule has 0 radical (unpaired) electrons. The predicted octanol–water partition coefficient (Wildman–Crippen LogP) is 4.75. The second-order valence-electron chi connectivity index (χ2n) is 7.71. The van der Waals surface area contributed by atoms with Crippen molar-refractivity contribution in [3.8, 4) is 23.1 Å². The van der Waals surface area contributed by atoms with Crippen LogP contribution in [0.25, 0.3) is 11.3 Å². The van der Waals surface area contributed by atoms with Gasteiger partial charge in [0.25, 0.3) is 0 Å². The van der Waals surface area contributed by atoms with Crippen molar-refractivity contribution >= 4 is 11.7 Å². The predicted molar refractivity (Wildman–Crippen MR) is 113 cm³/mol. The molecule has 0 saturated carbocycles. The van der Waals surface area contributed by atoms with Crippen LogP contribution in [-0.2, 0) is 11.3 Å². The van der Waals surface area contributed by atoms with Crippen LogP contribution in [0.1, 0.15) is 24.0 Å². The number of fused-ring (bicyclic) bond motifs is 1. The molecule has 1 fully saturated rings. The molecule has 5 rings (SSSR count). The Labute approximate surface area is 179 Å². The normalized spacial score (nSPS) is 16.8. The van der Waals surface area contributed by atoms with E-state index >= 15 is 0 Å². The molecule has 2 aromatic carbocycles. The highest BCUT2D eigenvalue weighted by molar-refractivity contribution is 5.89. The lowest BCUT2D eigenvalue weighted by molar-refractivity contribution is -0.225. The van der Waals surface area contributed by atoms with Crippen LogP contribution in [0.4, 0.5) is 10.5 Å². The summed E-state index contributed by atoms with van der Waals surface area (Å²) < 4.78 is 17.9. The largest absolute Gasteiger partial charge is 0.464 e. The maximum Gasteiger partial charge on any atom is 0.321 e. The number of urea groups is 1. The third kappa shape index (κ3) is 3.86. The van der Waals surface area contributed by atoms with Gasteiger partial charge in [0.2, 0.25) is 5.79 Å². The zero-order valence-electron chi connectivity index (χ0n) is 16.8. The minimum absolute atomic E-state index is 0.168. The molecule has 3 aromatic rings. The molecule has 1 aromatic heterocycles. The van der Waals surface area contributed by atoms with Gasteiger partial charge >= 0.3 is 6.03 Å². The first-order valence-electron chi connectivity index (χ1n) is 10.2. The highest BCUT2D eigenvalue weighted by Crippen LogP contribution is 2.39. The van der Waals surface area contributed by atoms with Crippen molar-refractivity contribution in [2.45, 2.75) is 25.2 Å². The average Bonchev–Trinajstić information content (AvgIpc) is 3.35. The highest BCUT2D eigenvalue weighted by Gasteiger charge is 2.42. The van der Waals surface area contributed by atoms with Gasteiger partial charge in [0.15, 0.2) is 0 Å². The van der Waals surface area contributed by atoms with Crippen LogP contribution in [0, 0.1) is 11.3 Å². The van der Waals surface area contributed by atoms with Crippen LogP contribution >= 0.6 is 0 Å². The Morgan fingerprint density at radius 1 is 1.10 bits per heavy atom. The van der Waals surface area contributed by atoms with Gasteiger partial charge in [0.05, 0.1) is 24.5 Å². The number of carbonyl (C=O) groups is 1. The Morgan fingerprint density at radius 2 is 1.90 bits per heavy atom. The minimum atomic E-state index is -0.704. The third-order valence-electron chi connectivity index (χ3n) is 5.73. The van der Waals surface area contributed by atoms with Gasteiger partial charge in [-0.25, -0.2) is 4.79 Å². The molecule has 2 aliphatic rings. The first kappa shape index (κ1) is 19.2. The van der Waals surface area contributed by atoms with E-state index in [2.05, 4.69) is 11.4 Å². The number of piperidine rings is 1. The fourth-order valence-corrected chi connectivity index (χ4v) is 3.95. The third-order valence-corrected chi connectivity index (χ3v) is 5.73. The van der Waals surface area contributed by atoms with Crippen LogP contribution in [-0.4, -0.2) is 29.8 Å². The molecule has 7 nitrogen and oxygen atoms in total. The van der Waals surface area contributed by atoms with Crippen LogP contribution in [0.15, 0.2) is 65.3 Å². The molecule has 0 atom stereocenters. The topological polar surface area (TPSA) is 87.7 Å². The number of furan rings is 1. The average molecular weight is 415 g/mol. The zero-order chi connectivity index (χ0) is 21.3. The lowest BCUT2D eigenvalue weighted by Crippen LogP contribution is -2.53. The number of nitrogens with zero attached hydrogens (tertiary/aromatic N) is 2. The summed E-state index contributed by atoms with van der Waals surface area (Å²) in [6.07, 6.45) is 2.84. The summed E-state index contributed by atoms with van der Waals surface area (Å²) in [6.45, 7) is 1.52. The first-order chi connectivity index (χ1) is 15.1. The van der Waals surface area contributed by atoms with Crippen LogP contribution < -0.4 is 10.1 Å². The van der Waals surface area contributed by atoms with Crippen molar-refractivity contribution in [2.24, 2.45) is 0 Å². The molecule has 2 amide bonds. The van der Waals surface area contributed by atoms with Crippen molar-refractivity contribution in [3.05, 3.63) is 72.0 Å². The number of anilines is 1. The monoisotopic (exact) mass is 415 g/mol. The highest BCUT2D eigenvalue weighted by atomic mass is 16.7. The molecule has 2 aliphatic heterocycles. The molecule has 7 heteroatoms. The number of hydrogen-bond donors (Lipinski definition) is 1. The molecule has 31 heavy (non-hydrogen) atoms. The van der Waals surface area contributed by atoms with Crippen molar-refractivity contribution < 1.29 is 18.7 Å². The molecule has 0 aliphatic carbocycles. The number of nitriles is 1. The fraction of sp³-hybridized carbons (Fsp3) is 0.250. The molecular weight excluding hydrogens is 394 g/mol. The smallest absolute Gasteiger partial charge is 0.321 e. The molecule has 3 heterocycles. The molecule has 0 bridgehead atoms. The lowest BCUT2D eigenvalue weighted by atomic mass is 10.0. The zero-order valence-corrected chi connectivity index (χ0v) is 16.8. The number of rotatable bonds is 2. The number of benzene rings is 2. The van der Waals surface area contributed by atoms with Crippen molar-refractivity contribution in [2.75, 3.05) is 18.4 Å². The number of hydrogen-bond acceptors (Lipinski definition) is 5. The van der Waals surface area contributed by atoms with Crippen molar-refractivity contribution in [1.29, 1.82) is 5.26 Å². The first-order valence-corrected chi connectivity index (χ1v) is 10.2. The van der Waals surface area contributed by atoms with E-state index in [9.17, 15) is 4.79 Å². The summed E-state index contributed by atoms with van der Waals surface area (Å²) in [5, 5.41) is 11.8. The summed E-state index contributed by atoms with van der Waals surface area (Å²) in [4.78, 5) is 14.4. The van der Waals surface area contributed by atoms with Gasteiger partial charge in [0, 0.05) is 42.7 Å². The SMILES string of the molecule is N#Cc1ccc(NC(=O)N2CCC3(CC2)OCc2cc(-c4ccco4)ccc2O3)cc1. The maximum absolute atomic E-state index is 12.6. The second kappa shape index (κ2) is 7.82. The van der Waals surface area contributed by atoms with E-state index in [0.29, 0.717) is 43.8 Å². The number of carbonyl (C=O) groups excluding carboxylic acids is 1. The standard InChI is InChI=1S/C24H21N3O4/c25-15-17-3-6-20(7-4-17)26-23(28)27-11-9-24(10-12-27)30-16-19-14-18(5-8-22(19)31-24)21-2-1-13-29-21/h1-8,13-14H,9-12,16H2,(H,26,28). The number of nitrogens with one attached hydrogen (secondary N) is 1. The van der Waals surface area contributed by atoms with E-state index in [1.807, 2.05) is 30.3 Å². The Morgan fingerprint density at radius 3 is 2.61 bits per heavy atom. The Kier molecular flexibility index (Phi) is 4.85. The Balaban J connectivity index is 1.21. The van der Waals surface area contributed by atoms with Gasteiger partial charge in [-0.1, -0.05) is 0 Å². The Hall–Kier alpha value is -3.76. The molecule has 1 N–H and O–H groups in total. The summed E-state index contributed by atoms with van der Waals surface area (Å²) in [7, 11) is 0. The van der Waals surface area contributed by atoms with Gasteiger partial charge in [0.1, 0.15) is 11.5 Å². The van der Waals surface area contributed by atoms with Crippen molar-refractivity contribution in [1.82, 2.24) is 4.90 Å². The molecule has 1 spiro atoms. The van der Waals surface area contributed by atoms with Gasteiger partial charge in [-0.15, -0.1) is 0 Å². The molecule has 156 valence electrons. The number of ether oxygens (including phenoxy) is 2. The van der Waals surface area contributed by atoms with Gasteiger partial charge in [-0.05, 0) is 54.6 Å². The lowest BCUT2D eigenvalue weighted by Gasteiger charge is -2.43. The van der Waals surface area contributed by atoms with E-state index in [0.717, 1.165) is 22.6 Å². The minimum Gasteiger partial charge on any atom is -0.464 e. The van der Waals surface area contributed by atoms with Crippen LogP contribution in [0.5, 0.6) is 5.75 Å². The van der Waals surface area contributed by atoms with Gasteiger partial charge < -0.3 is 24.1 Å². The summed E-state index contributed by atoms with van der Waals surface area (Å²) >= 11 is 0. The molecule has 1 saturated heterocycles. The molecular formula is C24H21N3O4. The van der Waals surface area contributed by atoms with Gasteiger partial charge in [-0.3, -0.25) is 0 Å². The van der Waals surface area contributed by atoms with E-state index < -0.39 is 5.79 Å². The molecule has 0 unspecified atom stereocenters. The van der Waals surface area contributed by atoms with E-state index in [1.54, 1.807) is 35.4 Å². The second-order valence-corrected chi connectivity index (χ2v) is 7.71. The summed E-state index contributed by atoms with van der Waals surface area (Å²) in [5.41, 5.74) is 3.19. The van der Waals surface area contributed by atoms with Gasteiger partial charge in [-0.2, -0.15) is 5.26 Å². The summed E-state index contributed by atoms with van der Waals surface area (Å²) in [5.74, 6) is 0.923. The maximum atomic E-state index is 12.6. The van der Waals surface area contributed by atoms with E-state index in [4.69, 9.17) is 19.2 Å². The Bertz CT molecular complexity index is 1120. The van der Waals surface area contributed by atoms with E-state index in [1.165, 1.54) is 0 Å².